The van der Waals surface area contributed by atoms with E-state index in [0.29, 0.717) is 11.4 Å². The molecule has 0 saturated carbocycles. The lowest BCUT2D eigenvalue weighted by Crippen LogP contribution is -2.07. The average molecular weight is 269 g/mol. The quantitative estimate of drug-likeness (QED) is 0.657. The van der Waals surface area contributed by atoms with Crippen LogP contribution in [0.1, 0.15) is 0 Å². The number of aromatic nitrogens is 2. The van der Waals surface area contributed by atoms with E-state index < -0.39 is 5.82 Å². The van der Waals surface area contributed by atoms with Crippen molar-refractivity contribution in [3.63, 3.8) is 0 Å². The second-order valence-electron chi connectivity index (χ2n) is 3.30. The van der Waals surface area contributed by atoms with Gasteiger partial charge in [-0.3, -0.25) is 5.73 Å². The first kappa shape index (κ1) is 12.5. The number of nitrogens with zero attached hydrogens (tertiary/aromatic N) is 2. The molecule has 2 aromatic rings. The zero-order valence-corrected chi connectivity index (χ0v) is 9.99. The molecule has 1 heterocycles. The number of halogens is 2. The van der Waals surface area contributed by atoms with Crippen molar-refractivity contribution in [1.29, 1.82) is 0 Å². The van der Waals surface area contributed by atoms with Crippen molar-refractivity contribution >= 4 is 23.1 Å². The molecule has 0 spiro atoms. The summed E-state index contributed by atoms with van der Waals surface area (Å²) in [6.07, 6.45) is 1.00. The van der Waals surface area contributed by atoms with E-state index in [2.05, 4.69) is 15.3 Å². The van der Waals surface area contributed by atoms with Crippen molar-refractivity contribution in [3.05, 3.63) is 41.6 Å². The molecule has 94 valence electrons. The fourth-order valence-corrected chi connectivity index (χ4v) is 1.43. The van der Waals surface area contributed by atoms with Gasteiger partial charge in [0.15, 0.2) is 11.6 Å². The molecule has 0 fully saturated rings. The van der Waals surface area contributed by atoms with Crippen molar-refractivity contribution in [2.45, 2.75) is 0 Å². The smallest absolute Gasteiger partial charge is 0.224 e. The third-order valence-electron chi connectivity index (χ3n) is 2.08. The van der Waals surface area contributed by atoms with E-state index in [0.717, 1.165) is 6.20 Å². The van der Waals surface area contributed by atoms with E-state index in [1.54, 1.807) is 24.3 Å². The van der Waals surface area contributed by atoms with Crippen LogP contribution < -0.4 is 15.8 Å². The predicted molar refractivity (Wildman–Crippen MR) is 66.4 cm³/mol. The number of nitrogens with two attached hydrogens (primary N) is 1. The number of benzene rings is 1. The second kappa shape index (κ2) is 5.61. The minimum atomic E-state index is -0.582. The van der Waals surface area contributed by atoms with E-state index in [-0.39, 0.29) is 17.8 Å². The number of ether oxygens (including phenoxy) is 1. The minimum absolute atomic E-state index is 0.0162. The van der Waals surface area contributed by atoms with Gasteiger partial charge in [-0.05, 0) is 35.9 Å². The highest BCUT2D eigenvalue weighted by atomic mass is 35.5. The molecular formula is C11H10ClFN4O. The Labute approximate surface area is 108 Å². The van der Waals surface area contributed by atoms with Gasteiger partial charge in [-0.25, -0.2) is 9.37 Å². The van der Waals surface area contributed by atoms with Crippen LogP contribution in [0.15, 0.2) is 30.5 Å². The third kappa shape index (κ3) is 3.06. The lowest BCUT2D eigenvalue weighted by Gasteiger charge is -2.07. The molecule has 0 bridgehead atoms. The van der Waals surface area contributed by atoms with Crippen LogP contribution in [0.4, 0.5) is 15.9 Å². The average Bonchev–Trinajstić information content (AvgIpc) is 2.37. The Kier molecular flexibility index (Phi) is 3.91. The largest absolute Gasteiger partial charge is 0.479 e. The van der Waals surface area contributed by atoms with Gasteiger partial charge >= 0.3 is 0 Å². The van der Waals surface area contributed by atoms with E-state index in [1.165, 1.54) is 0 Å². The van der Waals surface area contributed by atoms with Gasteiger partial charge in [0.2, 0.25) is 5.28 Å². The zero-order valence-electron chi connectivity index (χ0n) is 9.23. The molecule has 0 atom stereocenters. The Morgan fingerprint density at radius 1 is 1.33 bits per heavy atom. The molecule has 0 aliphatic carbocycles. The Balaban J connectivity index is 2.15. The summed E-state index contributed by atoms with van der Waals surface area (Å²) in [6.45, 7) is 0.100. The van der Waals surface area contributed by atoms with Crippen molar-refractivity contribution in [2.24, 2.45) is 5.73 Å². The highest BCUT2D eigenvalue weighted by molar-refractivity contribution is 6.28. The minimum Gasteiger partial charge on any atom is -0.479 e. The highest BCUT2D eigenvalue weighted by Crippen LogP contribution is 2.21. The number of rotatable bonds is 4. The third-order valence-corrected chi connectivity index (χ3v) is 2.26. The van der Waals surface area contributed by atoms with Gasteiger partial charge < -0.3 is 10.1 Å². The lowest BCUT2D eigenvalue weighted by atomic mass is 10.3. The maximum Gasteiger partial charge on any atom is 0.224 e. The molecule has 0 unspecified atom stereocenters. The summed E-state index contributed by atoms with van der Waals surface area (Å²) in [6, 6.07) is 6.83. The van der Waals surface area contributed by atoms with E-state index in [9.17, 15) is 4.39 Å². The van der Waals surface area contributed by atoms with E-state index >= 15 is 0 Å². The van der Waals surface area contributed by atoms with Crippen LogP contribution >= 0.6 is 11.6 Å². The van der Waals surface area contributed by atoms with Crippen molar-refractivity contribution in [3.8, 4) is 5.75 Å². The lowest BCUT2D eigenvalue weighted by molar-refractivity contribution is 0.330. The van der Waals surface area contributed by atoms with Crippen molar-refractivity contribution in [2.75, 3.05) is 12.0 Å². The molecular weight excluding hydrogens is 259 g/mol. The fourth-order valence-electron chi connectivity index (χ4n) is 1.30. The summed E-state index contributed by atoms with van der Waals surface area (Å²) >= 11 is 5.59. The summed E-state index contributed by atoms with van der Waals surface area (Å²) in [5.41, 5.74) is 5.89. The Morgan fingerprint density at radius 3 is 2.72 bits per heavy atom. The van der Waals surface area contributed by atoms with Crippen LogP contribution in [0.25, 0.3) is 0 Å². The molecule has 1 aromatic carbocycles. The molecule has 0 aliphatic heterocycles. The van der Waals surface area contributed by atoms with Gasteiger partial charge in [-0.1, -0.05) is 0 Å². The molecule has 0 aliphatic rings. The monoisotopic (exact) mass is 268 g/mol. The van der Waals surface area contributed by atoms with Crippen LogP contribution in [0.5, 0.6) is 5.75 Å². The van der Waals surface area contributed by atoms with E-state index in [1.807, 2.05) is 0 Å². The maximum atomic E-state index is 13.4. The van der Waals surface area contributed by atoms with Gasteiger partial charge in [0.05, 0.1) is 6.20 Å². The summed E-state index contributed by atoms with van der Waals surface area (Å²) < 4.78 is 18.5. The molecule has 3 N–H and O–H groups in total. The van der Waals surface area contributed by atoms with Crippen molar-refractivity contribution < 1.29 is 9.13 Å². The van der Waals surface area contributed by atoms with E-state index in [4.69, 9.17) is 22.1 Å². The molecule has 0 radical (unpaired) electrons. The zero-order chi connectivity index (χ0) is 13.0. The molecule has 0 saturated heterocycles. The van der Waals surface area contributed by atoms with Crippen LogP contribution in [0, 0.1) is 5.82 Å². The Morgan fingerprint density at radius 2 is 2.06 bits per heavy atom. The number of hydrogen-bond acceptors (Lipinski definition) is 5. The maximum absolute atomic E-state index is 13.4. The molecule has 0 amide bonds. The van der Waals surface area contributed by atoms with Gasteiger partial charge in [0.1, 0.15) is 12.5 Å². The standard InChI is InChI=1S/C11H10ClFN4O/c12-11-15-5-9(13)10(17-11)16-7-1-3-8(4-2-7)18-6-14/h1-5H,6,14H2,(H,15,16,17). The molecule has 1 aromatic heterocycles. The summed E-state index contributed by atoms with van der Waals surface area (Å²) in [4.78, 5) is 7.27. The summed E-state index contributed by atoms with van der Waals surface area (Å²) in [7, 11) is 0. The first-order valence-corrected chi connectivity index (χ1v) is 5.45. The van der Waals surface area contributed by atoms with Crippen LogP contribution in [0.3, 0.4) is 0 Å². The first-order chi connectivity index (χ1) is 8.69. The fraction of sp³-hybridized carbons (Fsp3) is 0.0909. The Bertz CT molecular complexity index is 535. The molecule has 7 heteroatoms. The topological polar surface area (TPSA) is 73.1 Å². The van der Waals surface area contributed by atoms with Crippen LogP contribution in [-0.2, 0) is 0 Å². The number of nitrogens with one attached hydrogen (secondary N) is 1. The molecule has 18 heavy (non-hydrogen) atoms. The Hall–Kier alpha value is -1.92. The van der Waals surface area contributed by atoms with Gasteiger partial charge in [-0.15, -0.1) is 0 Å². The number of anilines is 2. The van der Waals surface area contributed by atoms with Crippen LogP contribution in [-0.4, -0.2) is 16.7 Å². The second-order valence-corrected chi connectivity index (χ2v) is 3.63. The SMILES string of the molecule is NCOc1ccc(Nc2nc(Cl)ncc2F)cc1. The predicted octanol–water partition coefficient (Wildman–Crippen LogP) is 2.31. The van der Waals surface area contributed by atoms with Gasteiger partial charge in [-0.2, -0.15) is 4.98 Å². The summed E-state index contributed by atoms with van der Waals surface area (Å²) in [5.74, 6) is 0.0634. The normalized spacial score (nSPS) is 10.2. The number of hydrogen-bond donors (Lipinski definition) is 2. The van der Waals surface area contributed by atoms with Gasteiger partial charge in [0.25, 0.3) is 0 Å². The molecule has 5 nitrogen and oxygen atoms in total. The first-order valence-electron chi connectivity index (χ1n) is 5.07. The van der Waals surface area contributed by atoms with Crippen molar-refractivity contribution in [1.82, 2.24) is 9.97 Å². The van der Waals surface area contributed by atoms with Crippen LogP contribution in [0.2, 0.25) is 5.28 Å². The highest BCUT2D eigenvalue weighted by Gasteiger charge is 2.06. The summed E-state index contributed by atoms with van der Waals surface area (Å²) in [5, 5.41) is 2.76. The molecule has 2 rings (SSSR count). The van der Waals surface area contributed by atoms with Gasteiger partial charge in [0, 0.05) is 5.69 Å².